The number of hydrogen-bond donors (Lipinski definition) is 1. The molecule has 12 heteroatoms. The molecule has 4 heterocycles. The van der Waals surface area contributed by atoms with Gasteiger partial charge in [0.25, 0.3) is 5.56 Å². The molecule has 244 valence electrons. The molecule has 0 radical (unpaired) electrons. The predicted octanol–water partition coefficient (Wildman–Crippen LogP) is 4.94. The van der Waals surface area contributed by atoms with Crippen LogP contribution in [0.4, 0.5) is 11.6 Å². The van der Waals surface area contributed by atoms with Crippen LogP contribution in [0.3, 0.4) is 0 Å². The van der Waals surface area contributed by atoms with Crippen molar-refractivity contribution < 1.29 is 13.2 Å². The van der Waals surface area contributed by atoms with Crippen LogP contribution in [0, 0.1) is 6.92 Å². The smallest absolute Gasteiger partial charge is 0.260 e. The Labute approximate surface area is 274 Å². The number of ether oxygens (including phenoxy) is 1. The first-order chi connectivity index (χ1) is 22.5. The van der Waals surface area contributed by atoms with E-state index in [1.807, 2.05) is 73.7 Å². The molecular weight excluding hydrogens is 614 g/mol. The number of nitrogens with zero attached hydrogens (tertiary/aromatic N) is 6. The highest BCUT2D eigenvalue weighted by Gasteiger charge is 2.20. The number of likely N-dealkylation sites (N-methyl/N-ethyl adjacent to an activating group) is 1. The highest BCUT2D eigenvalue weighted by Crippen LogP contribution is 2.27. The van der Waals surface area contributed by atoms with Gasteiger partial charge in [-0.3, -0.25) is 14.3 Å². The van der Waals surface area contributed by atoms with Crippen LogP contribution in [-0.2, 0) is 16.6 Å². The number of aromatic nitrogens is 4. The van der Waals surface area contributed by atoms with E-state index in [2.05, 4.69) is 22.2 Å². The number of benzene rings is 2. The fraction of sp³-hybridized carbons (Fsp3) is 0.314. The van der Waals surface area contributed by atoms with E-state index in [1.165, 1.54) is 15.9 Å². The largest absolute Gasteiger partial charge is 0.490 e. The van der Waals surface area contributed by atoms with Crippen molar-refractivity contribution in [2.75, 3.05) is 45.3 Å². The van der Waals surface area contributed by atoms with Crippen LogP contribution in [0.15, 0.2) is 83.8 Å². The summed E-state index contributed by atoms with van der Waals surface area (Å²) >= 11 is 0. The second kappa shape index (κ2) is 13.6. The molecule has 47 heavy (non-hydrogen) atoms. The van der Waals surface area contributed by atoms with Crippen molar-refractivity contribution in [3.63, 3.8) is 0 Å². The topological polar surface area (TPSA) is 123 Å². The van der Waals surface area contributed by atoms with Crippen LogP contribution in [0.25, 0.3) is 33.4 Å². The number of nitrogens with one attached hydrogen (secondary N) is 1. The minimum atomic E-state index is -3.45. The molecule has 11 nitrogen and oxygen atoms in total. The molecule has 6 rings (SSSR count). The van der Waals surface area contributed by atoms with E-state index >= 15 is 0 Å². The van der Waals surface area contributed by atoms with Crippen molar-refractivity contribution in [2.45, 2.75) is 32.4 Å². The summed E-state index contributed by atoms with van der Waals surface area (Å²) in [6.45, 7) is 4.12. The number of aryl methyl sites for hydroxylation is 1. The van der Waals surface area contributed by atoms with Gasteiger partial charge in [-0.2, -0.15) is 4.98 Å². The molecular formula is C35H39N7O4S. The number of sulfonamides is 1. The number of pyridine rings is 2. The van der Waals surface area contributed by atoms with Gasteiger partial charge in [-0.05, 0) is 63.2 Å². The van der Waals surface area contributed by atoms with Crippen LogP contribution in [0.2, 0.25) is 0 Å². The molecule has 2 aromatic carbocycles. The molecule has 1 N–H and O–H groups in total. The van der Waals surface area contributed by atoms with Crippen molar-refractivity contribution >= 4 is 32.7 Å². The van der Waals surface area contributed by atoms with Crippen molar-refractivity contribution in [3.05, 3.63) is 95.0 Å². The molecule has 1 saturated heterocycles. The van der Waals surface area contributed by atoms with E-state index in [0.717, 1.165) is 54.9 Å². The molecule has 0 aliphatic carbocycles. The summed E-state index contributed by atoms with van der Waals surface area (Å²) in [4.78, 5) is 30.5. The van der Waals surface area contributed by atoms with E-state index < -0.39 is 10.0 Å². The summed E-state index contributed by atoms with van der Waals surface area (Å²) in [7, 11) is 0.164. The van der Waals surface area contributed by atoms with E-state index in [1.54, 1.807) is 12.3 Å². The second-order valence-corrected chi connectivity index (χ2v) is 14.1. The molecule has 5 aromatic rings. The summed E-state index contributed by atoms with van der Waals surface area (Å²) in [5, 5.41) is 3.87. The maximum atomic E-state index is 14.1. The highest BCUT2D eigenvalue weighted by molar-refractivity contribution is 7.88. The minimum Gasteiger partial charge on any atom is -0.490 e. The molecule has 1 aliphatic rings. The number of hydrogen-bond acceptors (Lipinski definition) is 9. The van der Waals surface area contributed by atoms with E-state index in [0.29, 0.717) is 33.8 Å². The maximum absolute atomic E-state index is 14.1. The van der Waals surface area contributed by atoms with Gasteiger partial charge < -0.3 is 15.0 Å². The van der Waals surface area contributed by atoms with Crippen molar-refractivity contribution in [3.8, 4) is 28.1 Å². The lowest BCUT2D eigenvalue weighted by Gasteiger charge is -2.29. The van der Waals surface area contributed by atoms with E-state index in [-0.39, 0.29) is 24.8 Å². The fourth-order valence-electron chi connectivity index (χ4n) is 5.68. The third kappa shape index (κ3) is 7.51. The Kier molecular flexibility index (Phi) is 9.35. The molecule has 0 saturated carbocycles. The van der Waals surface area contributed by atoms with E-state index in [4.69, 9.17) is 14.7 Å². The van der Waals surface area contributed by atoms with Crippen molar-refractivity contribution in [1.82, 2.24) is 28.7 Å². The predicted molar refractivity (Wildman–Crippen MR) is 186 cm³/mol. The molecule has 0 unspecified atom stereocenters. The van der Waals surface area contributed by atoms with Gasteiger partial charge in [0.05, 0.1) is 11.9 Å². The first-order valence-electron chi connectivity index (χ1n) is 15.6. The molecule has 0 spiro atoms. The Morgan fingerprint density at radius 2 is 1.70 bits per heavy atom. The highest BCUT2D eigenvalue weighted by atomic mass is 32.2. The molecule has 1 fully saturated rings. The van der Waals surface area contributed by atoms with Crippen LogP contribution in [-0.4, -0.2) is 83.2 Å². The first-order valence-corrected chi connectivity index (χ1v) is 17.5. The summed E-state index contributed by atoms with van der Waals surface area (Å²) in [5.74, 6) is 1.12. The zero-order chi connectivity index (χ0) is 33.1. The van der Waals surface area contributed by atoms with Crippen molar-refractivity contribution in [1.29, 1.82) is 0 Å². The third-order valence-electron chi connectivity index (χ3n) is 8.56. The van der Waals surface area contributed by atoms with E-state index in [9.17, 15) is 13.2 Å². The monoisotopic (exact) mass is 653 g/mol. The fourth-order valence-corrected chi connectivity index (χ4v) is 6.10. The second-order valence-electron chi connectivity index (χ2n) is 12.0. The number of likely N-dealkylation sites (tertiary alicyclic amines) is 1. The molecule has 0 amide bonds. The first kappa shape index (κ1) is 32.3. The van der Waals surface area contributed by atoms with Gasteiger partial charge in [0.15, 0.2) is 0 Å². The van der Waals surface area contributed by atoms with Gasteiger partial charge in [0, 0.05) is 72.9 Å². The standard InChI is InChI=1S/C35H39N7O4S/c1-24-30(14-15-32(37-24)25-8-6-5-7-9-25)31-22-26-23-36-35(39-33(26)42(34(31)43)21-20-41(3)47(4,44)45)38-27-10-12-28(13-11-27)46-29-16-18-40(2)19-17-29/h5-15,22-23,29H,16-21H2,1-4H3,(H,36,38,39). The van der Waals surface area contributed by atoms with Gasteiger partial charge in [0.1, 0.15) is 17.5 Å². The Morgan fingerprint density at radius 3 is 2.38 bits per heavy atom. The van der Waals surface area contributed by atoms with Gasteiger partial charge in [-0.25, -0.2) is 17.7 Å². The molecule has 1 aliphatic heterocycles. The summed E-state index contributed by atoms with van der Waals surface area (Å²) in [6, 6.07) is 23.1. The van der Waals surface area contributed by atoms with Crippen molar-refractivity contribution in [2.24, 2.45) is 0 Å². The lowest BCUT2D eigenvalue weighted by molar-refractivity contribution is 0.114. The van der Waals surface area contributed by atoms with Gasteiger partial charge in [-0.15, -0.1) is 0 Å². The Balaban J connectivity index is 1.31. The zero-order valence-corrected chi connectivity index (χ0v) is 27.9. The number of fused-ring (bicyclic) bond motifs is 1. The molecule has 3 aromatic heterocycles. The lowest BCUT2D eigenvalue weighted by Crippen LogP contribution is -2.35. The molecule has 0 bridgehead atoms. The summed E-state index contributed by atoms with van der Waals surface area (Å²) in [5.41, 5.74) is 4.48. The SMILES string of the molecule is Cc1nc(-c2ccccc2)ccc1-c1cc2cnc(Nc3ccc(OC4CCN(C)CC4)cc3)nc2n(CCN(C)S(C)(=O)=O)c1=O. The average Bonchev–Trinajstić information content (AvgIpc) is 3.06. The van der Waals surface area contributed by atoms with Crippen LogP contribution >= 0.6 is 0 Å². The van der Waals surface area contributed by atoms with Crippen LogP contribution in [0.1, 0.15) is 18.5 Å². The minimum absolute atomic E-state index is 0.0903. The van der Waals surface area contributed by atoms with Crippen LogP contribution < -0.4 is 15.6 Å². The number of piperidine rings is 1. The zero-order valence-electron chi connectivity index (χ0n) is 27.1. The number of rotatable bonds is 10. The van der Waals surface area contributed by atoms with Gasteiger partial charge in [-0.1, -0.05) is 36.4 Å². The Hall–Kier alpha value is -4.65. The normalized spacial score (nSPS) is 14.5. The summed E-state index contributed by atoms with van der Waals surface area (Å²) < 4.78 is 33.3. The summed E-state index contributed by atoms with van der Waals surface area (Å²) in [6.07, 6.45) is 5.02. The maximum Gasteiger partial charge on any atom is 0.260 e. The molecule has 0 atom stereocenters. The Morgan fingerprint density at radius 1 is 0.979 bits per heavy atom. The lowest BCUT2D eigenvalue weighted by atomic mass is 10.0. The van der Waals surface area contributed by atoms with Gasteiger partial charge in [0.2, 0.25) is 16.0 Å². The quantitative estimate of drug-likeness (QED) is 0.223. The Bertz CT molecular complexity index is 2040. The number of anilines is 2. The van der Waals surface area contributed by atoms with Gasteiger partial charge >= 0.3 is 0 Å². The van der Waals surface area contributed by atoms with Crippen LogP contribution in [0.5, 0.6) is 5.75 Å². The average molecular weight is 654 g/mol. The third-order valence-corrected chi connectivity index (χ3v) is 9.87.